The van der Waals surface area contributed by atoms with Gasteiger partial charge in [0.25, 0.3) is 5.91 Å². The van der Waals surface area contributed by atoms with Crippen molar-refractivity contribution in [2.45, 2.75) is 18.9 Å². The van der Waals surface area contributed by atoms with Gasteiger partial charge in [0.2, 0.25) is 0 Å². The van der Waals surface area contributed by atoms with Gasteiger partial charge in [0.1, 0.15) is 0 Å². The number of nitrogens with zero attached hydrogens (tertiary/aromatic N) is 1. The molecule has 0 bridgehead atoms. The van der Waals surface area contributed by atoms with Crippen LogP contribution in [0.5, 0.6) is 0 Å². The van der Waals surface area contributed by atoms with Crippen molar-refractivity contribution in [1.82, 2.24) is 10.2 Å². The maximum atomic E-state index is 12.6. The summed E-state index contributed by atoms with van der Waals surface area (Å²) in [6.45, 7) is 1.98. The second-order valence-electron chi connectivity index (χ2n) is 4.89. The van der Waals surface area contributed by atoms with Crippen molar-refractivity contribution in [1.29, 1.82) is 0 Å². The molecule has 1 unspecified atom stereocenters. The fourth-order valence-corrected chi connectivity index (χ4v) is 3.18. The van der Waals surface area contributed by atoms with Crippen LogP contribution in [0.1, 0.15) is 23.2 Å². The first-order valence-corrected chi connectivity index (χ1v) is 8.29. The zero-order valence-corrected chi connectivity index (χ0v) is 14.3. The first-order chi connectivity index (χ1) is 9.61. The molecule has 0 saturated carbocycles. The smallest absolute Gasteiger partial charge is 0.255 e. The normalized spacial score (nSPS) is 18.2. The highest BCUT2D eigenvalue weighted by Gasteiger charge is 2.23. The SMILES string of the molecule is O=C(c1cc(Br)ccc1Br)N(CCO)CC1CCCN1. The van der Waals surface area contributed by atoms with Gasteiger partial charge in [-0.1, -0.05) is 15.9 Å². The zero-order chi connectivity index (χ0) is 14.5. The topological polar surface area (TPSA) is 52.6 Å². The van der Waals surface area contributed by atoms with Crippen LogP contribution in [-0.4, -0.2) is 48.2 Å². The maximum Gasteiger partial charge on any atom is 0.255 e. The van der Waals surface area contributed by atoms with Crippen LogP contribution in [0.2, 0.25) is 0 Å². The second kappa shape index (κ2) is 7.54. The summed E-state index contributed by atoms with van der Waals surface area (Å²) in [6, 6.07) is 5.87. The monoisotopic (exact) mass is 404 g/mol. The van der Waals surface area contributed by atoms with Crippen LogP contribution in [0, 0.1) is 0 Å². The van der Waals surface area contributed by atoms with Gasteiger partial charge in [0.15, 0.2) is 0 Å². The number of hydrogen-bond acceptors (Lipinski definition) is 3. The molecule has 0 spiro atoms. The molecule has 2 N–H and O–H groups in total. The zero-order valence-electron chi connectivity index (χ0n) is 11.1. The van der Waals surface area contributed by atoms with Crippen LogP contribution in [-0.2, 0) is 0 Å². The van der Waals surface area contributed by atoms with Crippen LogP contribution in [0.4, 0.5) is 0 Å². The second-order valence-corrected chi connectivity index (χ2v) is 6.66. The lowest BCUT2D eigenvalue weighted by molar-refractivity contribution is 0.0705. The molecule has 1 amide bonds. The minimum Gasteiger partial charge on any atom is -0.395 e. The van der Waals surface area contributed by atoms with E-state index in [2.05, 4.69) is 37.2 Å². The minimum absolute atomic E-state index is 0.0237. The summed E-state index contributed by atoms with van der Waals surface area (Å²) >= 11 is 6.80. The molecule has 4 nitrogen and oxygen atoms in total. The van der Waals surface area contributed by atoms with Gasteiger partial charge in [-0.2, -0.15) is 0 Å². The number of carbonyl (C=O) groups excluding carboxylic acids is 1. The van der Waals surface area contributed by atoms with Crippen molar-refractivity contribution in [3.8, 4) is 0 Å². The summed E-state index contributed by atoms with van der Waals surface area (Å²) in [7, 11) is 0. The van der Waals surface area contributed by atoms with Crippen molar-refractivity contribution in [2.75, 3.05) is 26.2 Å². The largest absolute Gasteiger partial charge is 0.395 e. The number of halogens is 2. The van der Waals surface area contributed by atoms with E-state index in [9.17, 15) is 9.90 Å². The van der Waals surface area contributed by atoms with E-state index in [-0.39, 0.29) is 12.5 Å². The van der Waals surface area contributed by atoms with Crippen LogP contribution in [0.15, 0.2) is 27.1 Å². The minimum atomic E-state index is -0.0547. The van der Waals surface area contributed by atoms with Crippen molar-refractivity contribution in [3.05, 3.63) is 32.7 Å². The number of nitrogens with one attached hydrogen (secondary N) is 1. The van der Waals surface area contributed by atoms with E-state index in [4.69, 9.17) is 0 Å². The van der Waals surface area contributed by atoms with Gasteiger partial charge in [-0.3, -0.25) is 4.79 Å². The molecule has 1 fully saturated rings. The molecule has 0 aliphatic carbocycles. The Bertz CT molecular complexity index is 476. The fourth-order valence-electron chi connectivity index (χ4n) is 2.41. The summed E-state index contributed by atoms with van der Waals surface area (Å²) in [6.07, 6.45) is 2.22. The summed E-state index contributed by atoms with van der Waals surface area (Å²) < 4.78 is 1.64. The molecular weight excluding hydrogens is 388 g/mol. The van der Waals surface area contributed by atoms with Gasteiger partial charge >= 0.3 is 0 Å². The van der Waals surface area contributed by atoms with Crippen molar-refractivity contribution >= 4 is 37.8 Å². The molecule has 0 radical (unpaired) electrons. The molecule has 1 heterocycles. The molecule has 1 atom stereocenters. The predicted molar refractivity (Wildman–Crippen MR) is 85.9 cm³/mol. The predicted octanol–water partition coefficient (Wildman–Crippen LogP) is 2.40. The fraction of sp³-hybridized carbons (Fsp3) is 0.500. The first kappa shape index (κ1) is 15.9. The number of rotatable bonds is 5. The highest BCUT2D eigenvalue weighted by Crippen LogP contribution is 2.23. The first-order valence-electron chi connectivity index (χ1n) is 6.70. The molecule has 2 rings (SSSR count). The van der Waals surface area contributed by atoms with Gasteiger partial charge in [-0.05, 0) is 53.5 Å². The summed E-state index contributed by atoms with van der Waals surface area (Å²) in [4.78, 5) is 14.3. The van der Waals surface area contributed by atoms with Gasteiger partial charge in [-0.25, -0.2) is 0 Å². The van der Waals surface area contributed by atoms with Crippen molar-refractivity contribution < 1.29 is 9.90 Å². The van der Waals surface area contributed by atoms with Crippen molar-refractivity contribution in [3.63, 3.8) is 0 Å². The Labute approximate surface area is 135 Å². The number of carbonyl (C=O) groups is 1. The molecule has 1 aromatic carbocycles. The van der Waals surface area contributed by atoms with Gasteiger partial charge in [-0.15, -0.1) is 0 Å². The quantitative estimate of drug-likeness (QED) is 0.790. The van der Waals surface area contributed by atoms with Gasteiger partial charge < -0.3 is 15.3 Å². The van der Waals surface area contributed by atoms with Crippen LogP contribution in [0.25, 0.3) is 0 Å². The Balaban J connectivity index is 2.14. The number of aliphatic hydroxyl groups is 1. The Hall–Kier alpha value is -0.430. The Kier molecular flexibility index (Phi) is 6.01. The van der Waals surface area contributed by atoms with Crippen molar-refractivity contribution in [2.24, 2.45) is 0 Å². The molecule has 110 valence electrons. The van der Waals surface area contributed by atoms with E-state index in [0.29, 0.717) is 24.7 Å². The van der Waals surface area contributed by atoms with Gasteiger partial charge in [0.05, 0.1) is 12.2 Å². The maximum absolute atomic E-state index is 12.6. The third-order valence-corrected chi connectivity index (χ3v) is 4.60. The molecule has 1 aromatic rings. The van der Waals surface area contributed by atoms with E-state index in [0.717, 1.165) is 28.3 Å². The lowest BCUT2D eigenvalue weighted by Crippen LogP contribution is -2.42. The van der Waals surface area contributed by atoms with Crippen LogP contribution < -0.4 is 5.32 Å². The van der Waals surface area contributed by atoms with E-state index in [1.54, 1.807) is 11.0 Å². The molecule has 1 aliphatic heterocycles. The molecule has 1 aliphatic rings. The number of aliphatic hydroxyl groups excluding tert-OH is 1. The standard InChI is InChI=1S/C14H18Br2N2O2/c15-10-3-4-13(16)12(8-10)14(20)18(6-7-19)9-11-2-1-5-17-11/h3-4,8,11,17,19H,1-2,5-7,9H2. The van der Waals surface area contributed by atoms with E-state index in [1.165, 1.54) is 0 Å². The number of benzene rings is 1. The Morgan fingerprint density at radius 3 is 2.90 bits per heavy atom. The lowest BCUT2D eigenvalue weighted by Gasteiger charge is -2.25. The average Bonchev–Trinajstić information content (AvgIpc) is 2.93. The van der Waals surface area contributed by atoms with E-state index >= 15 is 0 Å². The third-order valence-electron chi connectivity index (χ3n) is 3.42. The van der Waals surface area contributed by atoms with Crippen LogP contribution in [0.3, 0.4) is 0 Å². The highest BCUT2D eigenvalue weighted by atomic mass is 79.9. The van der Waals surface area contributed by atoms with E-state index in [1.807, 2.05) is 12.1 Å². The number of amides is 1. The molecule has 6 heteroatoms. The summed E-state index contributed by atoms with van der Waals surface area (Å²) in [5.74, 6) is -0.0547. The third kappa shape index (κ3) is 4.04. The lowest BCUT2D eigenvalue weighted by atomic mass is 10.1. The number of hydrogen-bond donors (Lipinski definition) is 2. The Morgan fingerprint density at radius 2 is 2.25 bits per heavy atom. The summed E-state index contributed by atoms with van der Waals surface area (Å²) in [5, 5.41) is 12.6. The molecule has 1 saturated heterocycles. The summed E-state index contributed by atoms with van der Waals surface area (Å²) in [5.41, 5.74) is 0.617. The Morgan fingerprint density at radius 1 is 1.45 bits per heavy atom. The molecular formula is C14H18Br2N2O2. The molecule has 0 aromatic heterocycles. The van der Waals surface area contributed by atoms with Crippen LogP contribution >= 0.6 is 31.9 Å². The van der Waals surface area contributed by atoms with Gasteiger partial charge in [0, 0.05) is 28.1 Å². The molecule has 20 heavy (non-hydrogen) atoms. The average molecular weight is 406 g/mol. The highest BCUT2D eigenvalue weighted by molar-refractivity contribution is 9.11. The van der Waals surface area contributed by atoms with E-state index < -0.39 is 0 Å².